The van der Waals surface area contributed by atoms with E-state index in [2.05, 4.69) is 54.2 Å². The molecule has 0 spiro atoms. The molecule has 1 N–H and O–H groups in total. The SMILES string of the molecule is CCCOc1ccc(C(=O)N/N=C/c2cn(C(C)C)c3ccccc23)cc1. The minimum absolute atomic E-state index is 0.249. The molecule has 0 saturated heterocycles. The molecule has 0 saturated carbocycles. The average Bonchev–Trinajstić information content (AvgIpc) is 3.06. The maximum atomic E-state index is 12.3. The van der Waals surface area contributed by atoms with Crippen molar-refractivity contribution in [3.63, 3.8) is 0 Å². The minimum Gasteiger partial charge on any atom is -0.494 e. The van der Waals surface area contributed by atoms with Gasteiger partial charge in [-0.3, -0.25) is 4.79 Å². The van der Waals surface area contributed by atoms with Crippen LogP contribution in [0.1, 0.15) is 49.2 Å². The number of aromatic nitrogens is 1. The summed E-state index contributed by atoms with van der Waals surface area (Å²) >= 11 is 0. The van der Waals surface area contributed by atoms with E-state index in [-0.39, 0.29) is 5.91 Å². The summed E-state index contributed by atoms with van der Waals surface area (Å²) in [5, 5.41) is 5.26. The van der Waals surface area contributed by atoms with Gasteiger partial charge in [-0.25, -0.2) is 5.43 Å². The number of nitrogens with one attached hydrogen (secondary N) is 1. The van der Waals surface area contributed by atoms with Crippen molar-refractivity contribution in [1.82, 2.24) is 9.99 Å². The van der Waals surface area contributed by atoms with Crippen molar-refractivity contribution in [3.8, 4) is 5.75 Å². The van der Waals surface area contributed by atoms with Gasteiger partial charge in [0.25, 0.3) is 5.91 Å². The molecule has 1 heterocycles. The van der Waals surface area contributed by atoms with E-state index in [0.717, 1.165) is 28.6 Å². The van der Waals surface area contributed by atoms with E-state index in [4.69, 9.17) is 4.74 Å². The summed E-state index contributed by atoms with van der Waals surface area (Å²) in [6.07, 6.45) is 4.70. The lowest BCUT2D eigenvalue weighted by atomic mass is 10.2. The van der Waals surface area contributed by atoms with Crippen LogP contribution in [0.5, 0.6) is 5.75 Å². The standard InChI is InChI=1S/C22H25N3O2/c1-4-13-27-19-11-9-17(10-12-19)22(26)24-23-14-18-15-25(16(2)3)21-8-6-5-7-20(18)21/h5-12,14-16H,4,13H2,1-3H3,(H,24,26)/b23-14+. The van der Waals surface area contributed by atoms with Gasteiger partial charge in [-0.1, -0.05) is 25.1 Å². The molecule has 3 aromatic rings. The summed E-state index contributed by atoms with van der Waals surface area (Å²) in [6, 6.07) is 15.6. The predicted molar refractivity (Wildman–Crippen MR) is 110 cm³/mol. The van der Waals surface area contributed by atoms with Crippen molar-refractivity contribution < 1.29 is 9.53 Å². The first-order valence-corrected chi connectivity index (χ1v) is 9.26. The third kappa shape index (κ3) is 4.37. The smallest absolute Gasteiger partial charge is 0.271 e. The number of carbonyl (C=O) groups excluding carboxylic acids is 1. The second kappa shape index (κ2) is 8.54. The molecule has 0 aliphatic carbocycles. The number of hydrogen-bond acceptors (Lipinski definition) is 3. The highest BCUT2D eigenvalue weighted by atomic mass is 16.5. The Morgan fingerprint density at radius 2 is 1.93 bits per heavy atom. The van der Waals surface area contributed by atoms with Crippen LogP contribution in [0.3, 0.4) is 0 Å². The van der Waals surface area contributed by atoms with E-state index in [0.29, 0.717) is 18.2 Å². The van der Waals surface area contributed by atoms with Crippen LogP contribution < -0.4 is 10.2 Å². The van der Waals surface area contributed by atoms with Gasteiger partial charge in [0.05, 0.1) is 12.8 Å². The maximum Gasteiger partial charge on any atom is 0.271 e. The fourth-order valence-corrected chi connectivity index (χ4v) is 2.91. The third-order valence-electron chi connectivity index (χ3n) is 4.29. The highest BCUT2D eigenvalue weighted by molar-refractivity contribution is 6.00. The number of ether oxygens (including phenoxy) is 1. The Balaban J connectivity index is 1.70. The van der Waals surface area contributed by atoms with Gasteiger partial charge in [-0.2, -0.15) is 5.10 Å². The summed E-state index contributed by atoms with van der Waals surface area (Å²) < 4.78 is 7.73. The van der Waals surface area contributed by atoms with Crippen LogP contribution >= 0.6 is 0 Å². The van der Waals surface area contributed by atoms with Crippen LogP contribution in [0.4, 0.5) is 0 Å². The molecule has 140 valence electrons. The number of nitrogens with zero attached hydrogens (tertiary/aromatic N) is 2. The van der Waals surface area contributed by atoms with Crippen LogP contribution in [0.15, 0.2) is 59.8 Å². The molecule has 5 heteroatoms. The molecular weight excluding hydrogens is 338 g/mol. The van der Waals surface area contributed by atoms with Gasteiger partial charge in [0.2, 0.25) is 0 Å². The zero-order valence-corrected chi connectivity index (χ0v) is 16.0. The monoisotopic (exact) mass is 363 g/mol. The van der Waals surface area contributed by atoms with Gasteiger partial charge < -0.3 is 9.30 Å². The second-order valence-corrected chi connectivity index (χ2v) is 6.67. The van der Waals surface area contributed by atoms with Crippen LogP contribution in [-0.4, -0.2) is 23.3 Å². The molecule has 0 bridgehead atoms. The van der Waals surface area contributed by atoms with Gasteiger partial charge in [0.15, 0.2) is 0 Å². The van der Waals surface area contributed by atoms with E-state index in [1.807, 2.05) is 12.1 Å². The first kappa shape index (κ1) is 18.7. The van der Waals surface area contributed by atoms with Crippen LogP contribution in [-0.2, 0) is 0 Å². The maximum absolute atomic E-state index is 12.3. The summed E-state index contributed by atoms with van der Waals surface area (Å²) in [7, 11) is 0. The number of hydrogen-bond donors (Lipinski definition) is 1. The molecule has 1 aromatic heterocycles. The van der Waals surface area contributed by atoms with Gasteiger partial charge in [0.1, 0.15) is 5.75 Å². The summed E-state index contributed by atoms with van der Waals surface area (Å²) in [4.78, 5) is 12.3. The number of amides is 1. The van der Waals surface area contributed by atoms with E-state index in [1.165, 1.54) is 0 Å². The molecular formula is C22H25N3O2. The molecule has 0 aliphatic rings. The predicted octanol–water partition coefficient (Wildman–Crippen LogP) is 4.77. The number of rotatable bonds is 7. The lowest BCUT2D eigenvalue weighted by Gasteiger charge is -2.08. The normalized spacial score (nSPS) is 11.4. The second-order valence-electron chi connectivity index (χ2n) is 6.67. The fourth-order valence-electron chi connectivity index (χ4n) is 2.91. The Morgan fingerprint density at radius 1 is 1.19 bits per heavy atom. The number of benzene rings is 2. The molecule has 3 rings (SSSR count). The zero-order valence-electron chi connectivity index (χ0n) is 16.0. The van der Waals surface area contributed by atoms with Gasteiger partial charge in [0, 0.05) is 34.3 Å². The van der Waals surface area contributed by atoms with Crippen LogP contribution in [0.25, 0.3) is 10.9 Å². The fraction of sp³-hybridized carbons (Fsp3) is 0.273. The van der Waals surface area contributed by atoms with E-state index in [9.17, 15) is 4.79 Å². The molecule has 0 unspecified atom stereocenters. The molecule has 5 nitrogen and oxygen atoms in total. The number of para-hydroxylation sites is 1. The van der Waals surface area contributed by atoms with E-state index < -0.39 is 0 Å². The van der Waals surface area contributed by atoms with Crippen molar-refractivity contribution in [1.29, 1.82) is 0 Å². The highest BCUT2D eigenvalue weighted by Gasteiger charge is 2.09. The number of carbonyl (C=O) groups is 1. The molecule has 0 radical (unpaired) electrons. The average molecular weight is 363 g/mol. The molecule has 2 aromatic carbocycles. The number of hydrazone groups is 1. The third-order valence-corrected chi connectivity index (χ3v) is 4.29. The summed E-state index contributed by atoms with van der Waals surface area (Å²) in [5.74, 6) is 0.513. The quantitative estimate of drug-likeness (QED) is 0.485. The summed E-state index contributed by atoms with van der Waals surface area (Å²) in [5.41, 5.74) is 5.27. The van der Waals surface area contributed by atoms with E-state index >= 15 is 0 Å². The van der Waals surface area contributed by atoms with Crippen molar-refractivity contribution in [3.05, 3.63) is 65.9 Å². The topological polar surface area (TPSA) is 55.6 Å². The highest BCUT2D eigenvalue weighted by Crippen LogP contribution is 2.23. The number of fused-ring (bicyclic) bond motifs is 1. The summed E-state index contributed by atoms with van der Waals surface area (Å²) in [6.45, 7) is 7.00. The van der Waals surface area contributed by atoms with Gasteiger partial charge in [-0.05, 0) is 50.6 Å². The van der Waals surface area contributed by atoms with Crippen molar-refractivity contribution in [2.24, 2.45) is 5.10 Å². The van der Waals surface area contributed by atoms with Crippen LogP contribution in [0, 0.1) is 0 Å². The largest absolute Gasteiger partial charge is 0.494 e. The van der Waals surface area contributed by atoms with Gasteiger partial charge >= 0.3 is 0 Å². The molecule has 1 amide bonds. The van der Waals surface area contributed by atoms with Crippen LogP contribution in [0.2, 0.25) is 0 Å². The van der Waals surface area contributed by atoms with E-state index in [1.54, 1.807) is 30.5 Å². The van der Waals surface area contributed by atoms with Crippen molar-refractivity contribution in [2.45, 2.75) is 33.2 Å². The van der Waals surface area contributed by atoms with Crippen molar-refractivity contribution >= 4 is 23.0 Å². The Morgan fingerprint density at radius 3 is 2.63 bits per heavy atom. The first-order valence-electron chi connectivity index (χ1n) is 9.26. The molecule has 27 heavy (non-hydrogen) atoms. The Kier molecular flexibility index (Phi) is 5.91. The Bertz CT molecular complexity index is 940. The minimum atomic E-state index is -0.249. The van der Waals surface area contributed by atoms with Crippen molar-refractivity contribution in [2.75, 3.05) is 6.61 Å². The molecule has 0 fully saturated rings. The zero-order chi connectivity index (χ0) is 19.2. The van der Waals surface area contributed by atoms with Gasteiger partial charge in [-0.15, -0.1) is 0 Å². The molecule has 0 atom stereocenters. The first-order chi connectivity index (χ1) is 13.1. The lowest BCUT2D eigenvalue weighted by Crippen LogP contribution is -2.17. The Labute approximate surface area is 159 Å². The lowest BCUT2D eigenvalue weighted by molar-refractivity contribution is 0.0955. The molecule has 0 aliphatic heterocycles. The Hall–Kier alpha value is -3.08.